The largest absolute Gasteiger partial charge is 0.477 e. The van der Waals surface area contributed by atoms with Gasteiger partial charge in [0.1, 0.15) is 11.5 Å². The van der Waals surface area contributed by atoms with Crippen LogP contribution in [0.15, 0.2) is 18.3 Å². The molecule has 1 aromatic heterocycles. The number of fused-ring (bicyclic) bond motifs is 1. The van der Waals surface area contributed by atoms with E-state index in [1.807, 2.05) is 17.7 Å². The predicted molar refractivity (Wildman–Crippen MR) is 88.7 cm³/mol. The van der Waals surface area contributed by atoms with Crippen LogP contribution in [-0.4, -0.2) is 63.0 Å². The lowest BCUT2D eigenvalue weighted by molar-refractivity contribution is -0.128. The molecule has 0 saturated heterocycles. The van der Waals surface area contributed by atoms with Crippen LogP contribution in [0.2, 0.25) is 0 Å². The molecule has 7 heteroatoms. The highest BCUT2D eigenvalue weighted by Gasteiger charge is 2.40. The van der Waals surface area contributed by atoms with E-state index in [0.29, 0.717) is 24.8 Å². The molecule has 0 bridgehead atoms. The van der Waals surface area contributed by atoms with E-state index in [-0.39, 0.29) is 17.6 Å². The monoisotopic (exact) mass is 332 g/mol. The number of imidazole rings is 1. The van der Waals surface area contributed by atoms with Gasteiger partial charge in [0.2, 0.25) is 5.91 Å². The summed E-state index contributed by atoms with van der Waals surface area (Å²) >= 11 is 0. The van der Waals surface area contributed by atoms with Crippen molar-refractivity contribution < 1.29 is 14.7 Å². The Bertz CT molecular complexity index is 663. The number of aromatic carboxylic acids is 1. The highest BCUT2D eigenvalue weighted by Crippen LogP contribution is 2.43. The Morgan fingerprint density at radius 2 is 2.21 bits per heavy atom. The zero-order valence-corrected chi connectivity index (χ0v) is 14.2. The maximum absolute atomic E-state index is 12.5. The molecule has 7 nitrogen and oxygen atoms in total. The summed E-state index contributed by atoms with van der Waals surface area (Å²) in [5.41, 5.74) is 0.231. The highest BCUT2D eigenvalue weighted by atomic mass is 16.4. The van der Waals surface area contributed by atoms with E-state index < -0.39 is 5.97 Å². The van der Waals surface area contributed by atoms with Crippen molar-refractivity contribution in [2.24, 2.45) is 5.92 Å². The van der Waals surface area contributed by atoms with E-state index in [1.165, 1.54) is 6.20 Å². The lowest BCUT2D eigenvalue weighted by Gasteiger charge is -2.34. The second-order valence-corrected chi connectivity index (χ2v) is 6.62. The van der Waals surface area contributed by atoms with Crippen LogP contribution in [0.5, 0.6) is 0 Å². The molecule has 0 spiro atoms. The second-order valence-electron chi connectivity index (χ2n) is 6.62. The van der Waals surface area contributed by atoms with Gasteiger partial charge in [-0.15, -0.1) is 0 Å². The van der Waals surface area contributed by atoms with Crippen LogP contribution in [0, 0.1) is 5.92 Å². The summed E-state index contributed by atoms with van der Waals surface area (Å²) in [5, 5.41) is 9.36. The Labute approximate surface area is 141 Å². The van der Waals surface area contributed by atoms with Crippen LogP contribution in [0.25, 0.3) is 0 Å². The molecule has 1 atom stereocenters. The van der Waals surface area contributed by atoms with Crippen LogP contribution < -0.4 is 0 Å². The minimum atomic E-state index is -0.957. The standard InChI is InChI=1S/C17H24N4O3/c1-3-19(2)8-4-5-16(22)20-10-14(12-6-7-12)21-13(17(23)24)9-18-15(21)11-20/h4-5,9,12,14H,3,6-8,10-11H2,1-2H3,(H,23,24)/b5-4+. The van der Waals surface area contributed by atoms with Gasteiger partial charge >= 0.3 is 5.97 Å². The molecule has 1 saturated carbocycles. The molecule has 0 aromatic carbocycles. The zero-order valence-electron chi connectivity index (χ0n) is 14.2. The quantitative estimate of drug-likeness (QED) is 0.796. The van der Waals surface area contributed by atoms with Gasteiger partial charge in [-0.1, -0.05) is 13.0 Å². The van der Waals surface area contributed by atoms with E-state index in [2.05, 4.69) is 16.8 Å². The van der Waals surface area contributed by atoms with Crippen LogP contribution in [0.3, 0.4) is 0 Å². The summed E-state index contributed by atoms with van der Waals surface area (Å²) in [6, 6.07) is 0.0259. The van der Waals surface area contributed by atoms with Crippen LogP contribution >= 0.6 is 0 Å². The number of aromatic nitrogens is 2. The van der Waals surface area contributed by atoms with Crippen LogP contribution in [-0.2, 0) is 11.3 Å². The minimum Gasteiger partial charge on any atom is -0.477 e. The van der Waals surface area contributed by atoms with Gasteiger partial charge in [-0.2, -0.15) is 0 Å². The number of carboxylic acids is 1. The lowest BCUT2D eigenvalue weighted by Crippen LogP contribution is -2.42. The first-order chi connectivity index (χ1) is 11.5. The molecule has 0 radical (unpaired) electrons. The molecule has 1 aliphatic heterocycles. The fourth-order valence-electron chi connectivity index (χ4n) is 3.16. The summed E-state index contributed by atoms with van der Waals surface area (Å²) in [7, 11) is 2.00. The van der Waals surface area contributed by atoms with Crippen molar-refractivity contribution in [3.05, 3.63) is 29.9 Å². The summed E-state index contributed by atoms with van der Waals surface area (Å²) in [6.07, 6.45) is 7.07. The fourth-order valence-corrected chi connectivity index (χ4v) is 3.16. The Balaban J connectivity index is 1.76. The van der Waals surface area contributed by atoms with E-state index in [0.717, 1.165) is 25.9 Å². The first-order valence-corrected chi connectivity index (χ1v) is 8.44. The first-order valence-electron chi connectivity index (χ1n) is 8.44. The summed E-state index contributed by atoms with van der Waals surface area (Å²) in [4.78, 5) is 32.0. The molecule has 1 fully saturated rings. The molecule has 1 N–H and O–H groups in total. The molecule has 2 heterocycles. The third-order valence-corrected chi connectivity index (χ3v) is 4.86. The average molecular weight is 332 g/mol. The number of rotatable bonds is 6. The Morgan fingerprint density at radius 3 is 2.83 bits per heavy atom. The summed E-state index contributed by atoms with van der Waals surface area (Å²) in [6.45, 7) is 4.66. The SMILES string of the molecule is CCN(C)C/C=C/C(=O)N1Cc2ncc(C(=O)O)n2C(C2CC2)C1. The van der Waals surface area contributed by atoms with Crippen LogP contribution in [0.1, 0.15) is 42.1 Å². The number of hydrogen-bond acceptors (Lipinski definition) is 4. The van der Waals surface area contributed by atoms with E-state index in [4.69, 9.17) is 0 Å². The fraction of sp³-hybridized carbons (Fsp3) is 0.588. The number of amides is 1. The molecule has 2 aliphatic rings. The third-order valence-electron chi connectivity index (χ3n) is 4.86. The summed E-state index contributed by atoms with van der Waals surface area (Å²) in [5.74, 6) is 0.128. The van der Waals surface area contributed by atoms with Gasteiger partial charge in [0.05, 0.1) is 18.8 Å². The number of hydrogen-bond donors (Lipinski definition) is 1. The van der Waals surface area contributed by atoms with Gasteiger partial charge in [-0.25, -0.2) is 9.78 Å². The Morgan fingerprint density at radius 1 is 1.46 bits per heavy atom. The zero-order chi connectivity index (χ0) is 17.3. The molecule has 130 valence electrons. The van der Waals surface area contributed by atoms with Gasteiger partial charge in [0, 0.05) is 19.2 Å². The number of carboxylic acid groups (broad SMARTS) is 1. The average Bonchev–Trinajstić information content (AvgIpc) is 3.31. The first kappa shape index (κ1) is 16.7. The van der Waals surface area contributed by atoms with Gasteiger partial charge in [0.15, 0.2) is 0 Å². The topological polar surface area (TPSA) is 78.7 Å². The third kappa shape index (κ3) is 3.36. The van der Waals surface area contributed by atoms with Crippen LogP contribution in [0.4, 0.5) is 0 Å². The smallest absolute Gasteiger partial charge is 0.354 e. The molecule has 1 unspecified atom stereocenters. The van der Waals surface area contributed by atoms with E-state index in [1.54, 1.807) is 11.0 Å². The van der Waals surface area contributed by atoms with Crippen molar-refractivity contribution in [1.82, 2.24) is 19.4 Å². The number of nitrogens with zero attached hydrogens (tertiary/aromatic N) is 4. The molecule has 24 heavy (non-hydrogen) atoms. The maximum atomic E-state index is 12.5. The van der Waals surface area contributed by atoms with Crippen molar-refractivity contribution >= 4 is 11.9 Å². The molecular weight excluding hydrogens is 308 g/mol. The molecular formula is C17H24N4O3. The summed E-state index contributed by atoms with van der Waals surface area (Å²) < 4.78 is 1.83. The number of likely N-dealkylation sites (N-methyl/N-ethyl adjacent to an activating group) is 1. The number of carbonyl (C=O) groups excluding carboxylic acids is 1. The normalized spacial score (nSPS) is 20.6. The van der Waals surface area contributed by atoms with Gasteiger partial charge in [-0.05, 0) is 32.4 Å². The van der Waals surface area contributed by atoms with Crippen molar-refractivity contribution in [2.75, 3.05) is 26.7 Å². The highest BCUT2D eigenvalue weighted by molar-refractivity contribution is 5.88. The molecule has 3 rings (SSSR count). The molecule has 1 amide bonds. The van der Waals surface area contributed by atoms with Gasteiger partial charge < -0.3 is 19.5 Å². The lowest BCUT2D eigenvalue weighted by atomic mass is 10.1. The van der Waals surface area contributed by atoms with Crippen molar-refractivity contribution in [3.63, 3.8) is 0 Å². The minimum absolute atomic E-state index is 0.0259. The number of carbonyl (C=O) groups is 2. The van der Waals surface area contributed by atoms with Crippen molar-refractivity contribution in [3.8, 4) is 0 Å². The Hall–Kier alpha value is -2.15. The molecule has 1 aliphatic carbocycles. The second kappa shape index (κ2) is 6.76. The molecule has 1 aromatic rings. The predicted octanol–water partition coefficient (Wildman–Crippen LogP) is 1.38. The van der Waals surface area contributed by atoms with Crippen molar-refractivity contribution in [2.45, 2.75) is 32.4 Å². The van der Waals surface area contributed by atoms with E-state index in [9.17, 15) is 14.7 Å². The maximum Gasteiger partial charge on any atom is 0.354 e. The van der Waals surface area contributed by atoms with Gasteiger partial charge in [0.25, 0.3) is 0 Å². The van der Waals surface area contributed by atoms with E-state index >= 15 is 0 Å². The Kier molecular flexibility index (Phi) is 4.71. The van der Waals surface area contributed by atoms with Gasteiger partial charge in [-0.3, -0.25) is 4.79 Å². The van der Waals surface area contributed by atoms with Crippen molar-refractivity contribution in [1.29, 1.82) is 0 Å².